The second-order valence-electron chi connectivity index (χ2n) is 6.60. The van der Waals surface area contributed by atoms with Gasteiger partial charge in [-0.1, -0.05) is 12.1 Å². The minimum absolute atomic E-state index is 0.0453. The molecule has 1 aliphatic heterocycles. The Kier molecular flexibility index (Phi) is 5.17. The van der Waals surface area contributed by atoms with Crippen LogP contribution in [0.25, 0.3) is 0 Å². The zero-order chi connectivity index (χ0) is 20.5. The van der Waals surface area contributed by atoms with Gasteiger partial charge in [-0.25, -0.2) is 4.79 Å². The van der Waals surface area contributed by atoms with Gasteiger partial charge in [-0.2, -0.15) is 13.2 Å². The maximum atomic E-state index is 12.9. The summed E-state index contributed by atoms with van der Waals surface area (Å²) in [7, 11) is 3.27. The molecule has 1 aliphatic rings. The molecule has 148 valence electrons. The molecule has 0 aliphatic carbocycles. The van der Waals surface area contributed by atoms with E-state index >= 15 is 0 Å². The minimum atomic E-state index is -4.44. The number of nitrogens with zero attached hydrogens (tertiary/aromatic N) is 1. The van der Waals surface area contributed by atoms with Gasteiger partial charge in [-0.15, -0.1) is 0 Å². The molecule has 6 nitrogen and oxygen atoms in total. The number of alkyl halides is 3. The summed E-state index contributed by atoms with van der Waals surface area (Å²) in [5, 5.41) is 8.02. The first kappa shape index (κ1) is 19.5. The number of amides is 3. The maximum absolute atomic E-state index is 12.9. The molecule has 0 atom stereocenters. The normalized spacial score (nSPS) is 13.0. The molecule has 2 aromatic carbocycles. The van der Waals surface area contributed by atoms with Crippen LogP contribution in [0.5, 0.6) is 0 Å². The Labute approximate surface area is 159 Å². The van der Waals surface area contributed by atoms with Crippen molar-refractivity contribution in [3.05, 3.63) is 53.1 Å². The van der Waals surface area contributed by atoms with E-state index in [4.69, 9.17) is 0 Å². The fourth-order valence-electron chi connectivity index (χ4n) is 3.01. The Morgan fingerprint density at radius 1 is 1.21 bits per heavy atom. The number of benzene rings is 2. The average molecular weight is 392 g/mol. The molecule has 0 saturated heterocycles. The van der Waals surface area contributed by atoms with E-state index < -0.39 is 17.8 Å². The van der Waals surface area contributed by atoms with Crippen LogP contribution in [0.2, 0.25) is 0 Å². The molecular weight excluding hydrogens is 373 g/mol. The van der Waals surface area contributed by atoms with E-state index in [1.54, 1.807) is 37.2 Å². The summed E-state index contributed by atoms with van der Waals surface area (Å²) in [6, 6.07) is 8.01. The molecule has 2 aromatic rings. The summed E-state index contributed by atoms with van der Waals surface area (Å²) in [5.74, 6) is -0.148. The Bertz CT molecular complexity index is 926. The number of halogens is 3. The second-order valence-corrected chi connectivity index (χ2v) is 6.60. The number of nitrogens with one attached hydrogen (secondary N) is 3. The van der Waals surface area contributed by atoms with Crippen molar-refractivity contribution < 1.29 is 22.8 Å². The van der Waals surface area contributed by atoms with Crippen molar-refractivity contribution in [1.29, 1.82) is 0 Å². The highest BCUT2D eigenvalue weighted by molar-refractivity contribution is 6.03. The second kappa shape index (κ2) is 7.41. The predicted octanol–water partition coefficient (Wildman–Crippen LogP) is 3.59. The molecule has 3 N–H and O–H groups in total. The third-order valence-corrected chi connectivity index (χ3v) is 4.37. The van der Waals surface area contributed by atoms with Gasteiger partial charge >= 0.3 is 12.2 Å². The van der Waals surface area contributed by atoms with Crippen LogP contribution in [0.1, 0.15) is 16.7 Å². The van der Waals surface area contributed by atoms with E-state index in [1.165, 1.54) is 6.07 Å². The molecule has 0 radical (unpaired) electrons. The monoisotopic (exact) mass is 392 g/mol. The first-order valence-corrected chi connectivity index (χ1v) is 8.49. The van der Waals surface area contributed by atoms with Crippen LogP contribution in [-0.4, -0.2) is 26.0 Å². The highest BCUT2D eigenvalue weighted by atomic mass is 19.4. The van der Waals surface area contributed by atoms with E-state index in [2.05, 4.69) is 16.0 Å². The first-order chi connectivity index (χ1) is 13.1. The predicted molar refractivity (Wildman–Crippen MR) is 100 cm³/mol. The molecule has 0 fully saturated rings. The molecule has 3 amide bonds. The summed E-state index contributed by atoms with van der Waals surface area (Å²) in [6.45, 7) is 0.0453. The SMILES string of the molecule is CN(C)c1cc(C(F)(F)F)ccc1CNC(=O)Nc1cccc2c1CC(=O)N2. The van der Waals surface area contributed by atoms with Crippen LogP contribution in [0, 0.1) is 0 Å². The standard InChI is InChI=1S/C19H19F3N4O2/c1-26(2)16-8-12(19(20,21)22)7-6-11(16)10-23-18(28)25-15-5-3-4-14-13(15)9-17(27)24-14/h3-8H,9-10H2,1-2H3,(H,24,27)(H2,23,25,28). The molecule has 1 heterocycles. The van der Waals surface area contributed by atoms with Crippen LogP contribution in [-0.2, 0) is 23.9 Å². The van der Waals surface area contributed by atoms with Gasteiger partial charge in [0.2, 0.25) is 5.91 Å². The fourth-order valence-corrected chi connectivity index (χ4v) is 3.01. The van der Waals surface area contributed by atoms with Crippen molar-refractivity contribution in [3.63, 3.8) is 0 Å². The third-order valence-electron chi connectivity index (χ3n) is 4.37. The summed E-state index contributed by atoms with van der Waals surface area (Å²) in [6.07, 6.45) is -4.26. The summed E-state index contributed by atoms with van der Waals surface area (Å²) in [5.41, 5.74) is 2.02. The number of anilines is 3. The van der Waals surface area contributed by atoms with Crippen molar-refractivity contribution in [3.8, 4) is 0 Å². The molecule has 0 saturated carbocycles. The van der Waals surface area contributed by atoms with E-state index in [0.29, 0.717) is 28.2 Å². The number of fused-ring (bicyclic) bond motifs is 1. The summed E-state index contributed by atoms with van der Waals surface area (Å²) >= 11 is 0. The van der Waals surface area contributed by atoms with Crippen LogP contribution < -0.4 is 20.9 Å². The van der Waals surface area contributed by atoms with Crippen molar-refractivity contribution in [2.24, 2.45) is 0 Å². The van der Waals surface area contributed by atoms with Gasteiger partial charge in [0, 0.05) is 43.3 Å². The van der Waals surface area contributed by atoms with Crippen LogP contribution >= 0.6 is 0 Å². The smallest absolute Gasteiger partial charge is 0.377 e. The van der Waals surface area contributed by atoms with E-state index in [1.807, 2.05) is 0 Å². The Morgan fingerprint density at radius 3 is 2.64 bits per heavy atom. The Morgan fingerprint density at radius 2 is 1.96 bits per heavy atom. The van der Waals surface area contributed by atoms with Gasteiger partial charge in [0.1, 0.15) is 0 Å². The summed E-state index contributed by atoms with van der Waals surface area (Å²) < 4.78 is 38.8. The van der Waals surface area contributed by atoms with Crippen molar-refractivity contribution in [2.45, 2.75) is 19.1 Å². The molecule has 28 heavy (non-hydrogen) atoms. The third kappa shape index (κ3) is 4.19. The van der Waals surface area contributed by atoms with Gasteiger partial charge < -0.3 is 20.9 Å². The molecule has 0 bridgehead atoms. The lowest BCUT2D eigenvalue weighted by Crippen LogP contribution is -2.29. The van der Waals surface area contributed by atoms with Crippen LogP contribution in [0.15, 0.2) is 36.4 Å². The zero-order valence-corrected chi connectivity index (χ0v) is 15.3. The fraction of sp³-hybridized carbons (Fsp3) is 0.263. The van der Waals surface area contributed by atoms with Gasteiger partial charge in [-0.3, -0.25) is 4.79 Å². The lowest BCUT2D eigenvalue weighted by Gasteiger charge is -2.20. The maximum Gasteiger partial charge on any atom is 0.416 e. The van der Waals surface area contributed by atoms with Crippen LogP contribution in [0.4, 0.5) is 35.0 Å². The van der Waals surface area contributed by atoms with Gasteiger partial charge in [0.15, 0.2) is 0 Å². The molecule has 9 heteroatoms. The molecule has 0 spiro atoms. The Hall–Kier alpha value is -3.23. The molecule has 0 aromatic heterocycles. The number of carbonyl (C=O) groups is 2. The molecule has 0 unspecified atom stereocenters. The lowest BCUT2D eigenvalue weighted by atomic mass is 10.1. The molecular formula is C19H19F3N4O2. The van der Waals surface area contributed by atoms with Gasteiger partial charge in [0.25, 0.3) is 0 Å². The van der Waals surface area contributed by atoms with Crippen molar-refractivity contribution in [1.82, 2.24) is 5.32 Å². The lowest BCUT2D eigenvalue weighted by molar-refractivity contribution is -0.137. The van der Waals surface area contributed by atoms with Crippen molar-refractivity contribution in [2.75, 3.05) is 29.6 Å². The zero-order valence-electron chi connectivity index (χ0n) is 15.3. The van der Waals surface area contributed by atoms with E-state index in [-0.39, 0.29) is 18.9 Å². The largest absolute Gasteiger partial charge is 0.416 e. The van der Waals surface area contributed by atoms with Crippen molar-refractivity contribution >= 4 is 29.0 Å². The highest BCUT2D eigenvalue weighted by Gasteiger charge is 2.31. The average Bonchev–Trinajstić information content (AvgIpc) is 3.00. The number of carbonyl (C=O) groups excluding carboxylic acids is 2. The Balaban J connectivity index is 1.70. The first-order valence-electron chi connectivity index (χ1n) is 8.49. The summed E-state index contributed by atoms with van der Waals surface area (Å²) in [4.78, 5) is 25.3. The number of urea groups is 1. The van der Waals surface area contributed by atoms with Gasteiger partial charge in [0.05, 0.1) is 12.0 Å². The topological polar surface area (TPSA) is 73.5 Å². The number of hydrogen-bond donors (Lipinski definition) is 3. The minimum Gasteiger partial charge on any atom is -0.377 e. The molecule has 3 rings (SSSR count). The highest BCUT2D eigenvalue weighted by Crippen LogP contribution is 2.33. The number of hydrogen-bond acceptors (Lipinski definition) is 3. The van der Waals surface area contributed by atoms with E-state index in [0.717, 1.165) is 12.1 Å². The van der Waals surface area contributed by atoms with E-state index in [9.17, 15) is 22.8 Å². The number of rotatable bonds is 4. The quantitative estimate of drug-likeness (QED) is 0.745. The van der Waals surface area contributed by atoms with Crippen LogP contribution in [0.3, 0.4) is 0 Å². The van der Waals surface area contributed by atoms with Gasteiger partial charge in [-0.05, 0) is 29.8 Å².